The Hall–Kier alpha value is -1.06. The van der Waals surface area contributed by atoms with Gasteiger partial charge in [0, 0.05) is 31.4 Å². The fraction of sp³-hybridized carbons (Fsp3) is 0.600. The van der Waals surface area contributed by atoms with Crippen molar-refractivity contribution in [3.8, 4) is 0 Å². The number of hydrogen-bond donors (Lipinski definition) is 1. The standard InChI is InChI=1S/C15H22N2O/c1-17(11-14-6-4-8-18-14)10-13-9-12-5-2-3-7-15(12)16-13/h2-3,5,7,13-14,16H,4,6,8-11H2,1H3. The summed E-state index contributed by atoms with van der Waals surface area (Å²) in [6, 6.07) is 9.18. The predicted octanol–water partition coefficient (Wildman–Crippen LogP) is 2.13. The number of benzene rings is 1. The zero-order chi connectivity index (χ0) is 12.4. The van der Waals surface area contributed by atoms with Crippen LogP contribution in [0.25, 0.3) is 0 Å². The van der Waals surface area contributed by atoms with Crippen molar-refractivity contribution >= 4 is 5.69 Å². The minimum atomic E-state index is 0.457. The zero-order valence-electron chi connectivity index (χ0n) is 11.1. The molecule has 0 spiro atoms. The quantitative estimate of drug-likeness (QED) is 0.881. The Labute approximate surface area is 109 Å². The van der Waals surface area contributed by atoms with Gasteiger partial charge in [-0.1, -0.05) is 18.2 Å². The van der Waals surface area contributed by atoms with Crippen LogP contribution in [-0.2, 0) is 11.2 Å². The number of nitrogens with zero attached hydrogens (tertiary/aromatic N) is 1. The van der Waals surface area contributed by atoms with Crippen molar-refractivity contribution in [1.29, 1.82) is 0 Å². The third-order valence-corrected chi connectivity index (χ3v) is 3.91. The largest absolute Gasteiger partial charge is 0.380 e. The Morgan fingerprint density at radius 3 is 3.00 bits per heavy atom. The van der Waals surface area contributed by atoms with E-state index in [1.165, 1.54) is 24.1 Å². The number of likely N-dealkylation sites (N-methyl/N-ethyl adjacent to an activating group) is 1. The SMILES string of the molecule is CN(CC1Cc2ccccc2N1)CC1CCCO1. The molecule has 2 aliphatic heterocycles. The van der Waals surface area contributed by atoms with Crippen LogP contribution in [0.2, 0.25) is 0 Å². The van der Waals surface area contributed by atoms with Crippen LogP contribution < -0.4 is 5.32 Å². The van der Waals surface area contributed by atoms with E-state index in [0.717, 1.165) is 26.1 Å². The summed E-state index contributed by atoms with van der Waals surface area (Å²) in [4.78, 5) is 2.40. The van der Waals surface area contributed by atoms with Crippen LogP contribution in [-0.4, -0.2) is 43.8 Å². The molecule has 0 saturated carbocycles. The molecule has 2 atom stereocenters. The van der Waals surface area contributed by atoms with Crippen LogP contribution in [0.3, 0.4) is 0 Å². The maximum atomic E-state index is 5.69. The molecule has 1 fully saturated rings. The fourth-order valence-corrected chi connectivity index (χ4v) is 3.07. The van der Waals surface area contributed by atoms with E-state index in [2.05, 4.69) is 41.5 Å². The highest BCUT2D eigenvalue weighted by atomic mass is 16.5. The second kappa shape index (κ2) is 5.29. The van der Waals surface area contributed by atoms with Gasteiger partial charge in [0.2, 0.25) is 0 Å². The maximum Gasteiger partial charge on any atom is 0.0702 e. The van der Waals surface area contributed by atoms with Crippen molar-refractivity contribution in [2.45, 2.75) is 31.4 Å². The Morgan fingerprint density at radius 1 is 1.33 bits per heavy atom. The lowest BCUT2D eigenvalue weighted by molar-refractivity contribution is 0.0803. The molecule has 1 saturated heterocycles. The molecule has 0 radical (unpaired) electrons. The number of rotatable bonds is 4. The number of ether oxygens (including phenoxy) is 1. The summed E-state index contributed by atoms with van der Waals surface area (Å²) in [5, 5.41) is 3.61. The molecule has 2 heterocycles. The molecule has 3 heteroatoms. The van der Waals surface area contributed by atoms with Crippen molar-refractivity contribution in [3.05, 3.63) is 29.8 Å². The van der Waals surface area contributed by atoms with E-state index < -0.39 is 0 Å². The van der Waals surface area contributed by atoms with E-state index in [4.69, 9.17) is 4.74 Å². The first kappa shape index (κ1) is 12.0. The molecule has 3 nitrogen and oxygen atoms in total. The van der Waals surface area contributed by atoms with Crippen molar-refractivity contribution in [1.82, 2.24) is 4.90 Å². The first-order valence-electron chi connectivity index (χ1n) is 6.96. The van der Waals surface area contributed by atoms with Gasteiger partial charge in [-0.05, 0) is 37.9 Å². The Balaban J connectivity index is 1.49. The summed E-state index contributed by atoms with van der Waals surface area (Å²) >= 11 is 0. The van der Waals surface area contributed by atoms with Crippen LogP contribution in [0.4, 0.5) is 5.69 Å². The van der Waals surface area contributed by atoms with E-state index in [-0.39, 0.29) is 0 Å². The highest BCUT2D eigenvalue weighted by molar-refractivity contribution is 5.56. The molecular formula is C15H22N2O. The van der Waals surface area contributed by atoms with Crippen LogP contribution in [0.15, 0.2) is 24.3 Å². The molecule has 18 heavy (non-hydrogen) atoms. The van der Waals surface area contributed by atoms with E-state index >= 15 is 0 Å². The minimum absolute atomic E-state index is 0.457. The number of para-hydroxylation sites is 1. The second-order valence-corrected chi connectivity index (χ2v) is 5.56. The molecule has 0 bridgehead atoms. The normalized spacial score (nSPS) is 26.3. The Bertz CT molecular complexity index is 376. The van der Waals surface area contributed by atoms with Crippen molar-refractivity contribution in [2.24, 2.45) is 0 Å². The van der Waals surface area contributed by atoms with E-state index in [1.54, 1.807) is 0 Å². The average molecular weight is 246 g/mol. The second-order valence-electron chi connectivity index (χ2n) is 5.56. The van der Waals surface area contributed by atoms with Gasteiger partial charge in [0.1, 0.15) is 0 Å². The van der Waals surface area contributed by atoms with E-state index in [1.807, 2.05) is 0 Å². The van der Waals surface area contributed by atoms with E-state index in [0.29, 0.717) is 12.1 Å². The van der Waals surface area contributed by atoms with Gasteiger partial charge in [-0.25, -0.2) is 0 Å². The van der Waals surface area contributed by atoms with E-state index in [9.17, 15) is 0 Å². The molecule has 0 amide bonds. The highest BCUT2D eigenvalue weighted by Gasteiger charge is 2.23. The molecule has 0 aliphatic carbocycles. The van der Waals surface area contributed by atoms with Gasteiger partial charge in [0.25, 0.3) is 0 Å². The summed E-state index contributed by atoms with van der Waals surface area (Å²) in [6.07, 6.45) is 4.05. The van der Waals surface area contributed by atoms with Gasteiger partial charge in [0.05, 0.1) is 6.10 Å². The lowest BCUT2D eigenvalue weighted by Gasteiger charge is -2.24. The Morgan fingerprint density at radius 2 is 2.22 bits per heavy atom. The van der Waals surface area contributed by atoms with Gasteiger partial charge >= 0.3 is 0 Å². The van der Waals surface area contributed by atoms with Crippen molar-refractivity contribution in [3.63, 3.8) is 0 Å². The van der Waals surface area contributed by atoms with Gasteiger partial charge in [-0.2, -0.15) is 0 Å². The number of nitrogens with one attached hydrogen (secondary N) is 1. The number of fused-ring (bicyclic) bond motifs is 1. The van der Waals surface area contributed by atoms with Crippen LogP contribution >= 0.6 is 0 Å². The molecule has 1 N–H and O–H groups in total. The van der Waals surface area contributed by atoms with Crippen LogP contribution in [0.1, 0.15) is 18.4 Å². The molecule has 98 valence electrons. The number of anilines is 1. The first-order chi connectivity index (χ1) is 8.81. The lowest BCUT2D eigenvalue weighted by atomic mass is 10.1. The first-order valence-corrected chi connectivity index (χ1v) is 6.96. The molecule has 2 unspecified atom stereocenters. The van der Waals surface area contributed by atoms with Crippen LogP contribution in [0.5, 0.6) is 0 Å². The minimum Gasteiger partial charge on any atom is -0.380 e. The smallest absolute Gasteiger partial charge is 0.0702 e. The molecule has 2 aliphatic rings. The van der Waals surface area contributed by atoms with Gasteiger partial charge in [-0.15, -0.1) is 0 Å². The summed E-state index contributed by atoms with van der Waals surface area (Å²) in [5.74, 6) is 0. The highest BCUT2D eigenvalue weighted by Crippen LogP contribution is 2.25. The summed E-state index contributed by atoms with van der Waals surface area (Å²) < 4.78 is 5.69. The summed E-state index contributed by atoms with van der Waals surface area (Å²) in [6.45, 7) is 3.11. The average Bonchev–Trinajstić information content (AvgIpc) is 2.96. The summed E-state index contributed by atoms with van der Waals surface area (Å²) in [5.41, 5.74) is 2.76. The third-order valence-electron chi connectivity index (χ3n) is 3.91. The predicted molar refractivity (Wildman–Crippen MR) is 74.0 cm³/mol. The van der Waals surface area contributed by atoms with Crippen LogP contribution in [0, 0.1) is 0 Å². The fourth-order valence-electron chi connectivity index (χ4n) is 3.07. The topological polar surface area (TPSA) is 24.5 Å². The monoisotopic (exact) mass is 246 g/mol. The molecule has 1 aromatic rings. The van der Waals surface area contributed by atoms with Crippen molar-refractivity contribution < 1.29 is 4.74 Å². The molecule has 1 aromatic carbocycles. The zero-order valence-corrected chi connectivity index (χ0v) is 11.1. The lowest BCUT2D eigenvalue weighted by Crippen LogP contribution is -2.37. The molecule has 0 aromatic heterocycles. The maximum absolute atomic E-state index is 5.69. The number of hydrogen-bond acceptors (Lipinski definition) is 3. The van der Waals surface area contributed by atoms with Gasteiger partial charge < -0.3 is 15.0 Å². The third kappa shape index (κ3) is 2.68. The Kier molecular flexibility index (Phi) is 3.52. The van der Waals surface area contributed by atoms with Gasteiger partial charge in [0.15, 0.2) is 0 Å². The van der Waals surface area contributed by atoms with Gasteiger partial charge in [-0.3, -0.25) is 0 Å². The summed E-state index contributed by atoms with van der Waals surface area (Å²) in [7, 11) is 2.20. The molecule has 3 rings (SSSR count). The molecular weight excluding hydrogens is 224 g/mol. The van der Waals surface area contributed by atoms with Crippen molar-refractivity contribution in [2.75, 3.05) is 32.1 Å².